The van der Waals surface area contributed by atoms with Gasteiger partial charge in [-0.2, -0.15) is 0 Å². The number of thiazole rings is 1. The number of nitrogens with zero attached hydrogens (tertiary/aromatic N) is 1. The maximum absolute atomic E-state index is 7.89. The van der Waals surface area contributed by atoms with Gasteiger partial charge in [0.1, 0.15) is 17.4 Å². The highest BCUT2D eigenvalue weighted by Crippen LogP contribution is 2.40. The van der Waals surface area contributed by atoms with E-state index in [-0.39, 0.29) is 18.8 Å². The number of hydrogen-bond donors (Lipinski definition) is 3. The van der Waals surface area contributed by atoms with Crippen molar-refractivity contribution in [3.63, 3.8) is 0 Å². The number of ether oxygens (including phenoxy) is 1. The second-order valence-corrected chi connectivity index (χ2v) is 10.0. The molecular weight excluding hydrogens is 490 g/mol. The third kappa shape index (κ3) is 9.01. The van der Waals surface area contributed by atoms with Gasteiger partial charge in [-0.3, -0.25) is 0 Å². The predicted octanol–water partition coefficient (Wildman–Crippen LogP) is 6.20. The Labute approximate surface area is 232 Å². The van der Waals surface area contributed by atoms with E-state index in [9.17, 15) is 0 Å². The third-order valence-electron chi connectivity index (χ3n) is 5.69. The lowest BCUT2D eigenvalue weighted by Gasteiger charge is -2.12. The number of benzene rings is 2. The molecule has 1 aromatic heterocycles. The molecule has 38 heavy (non-hydrogen) atoms. The molecule has 1 aliphatic carbocycles. The van der Waals surface area contributed by atoms with Gasteiger partial charge in [-0.05, 0) is 95.4 Å². The molecule has 0 saturated carbocycles. The molecule has 3 aromatic rings. The Morgan fingerprint density at radius 1 is 1.21 bits per heavy atom. The predicted molar refractivity (Wildman–Crippen MR) is 161 cm³/mol. The van der Waals surface area contributed by atoms with Crippen LogP contribution in [0.5, 0.6) is 5.75 Å². The zero-order chi connectivity index (χ0) is 27.9. The van der Waals surface area contributed by atoms with Crippen LogP contribution in [0.4, 0.5) is 0 Å². The minimum Gasteiger partial charge on any atom is -0.490 e. The van der Waals surface area contributed by atoms with Crippen molar-refractivity contribution in [1.82, 2.24) is 10.3 Å². The molecule has 0 amide bonds. The highest BCUT2D eigenvalue weighted by molar-refractivity contribution is 7.18. The minimum absolute atomic E-state index is 0.0174. The van der Waals surface area contributed by atoms with Crippen LogP contribution in [0.15, 0.2) is 42.6 Å². The van der Waals surface area contributed by atoms with E-state index >= 15 is 0 Å². The summed E-state index contributed by atoms with van der Waals surface area (Å²) in [6, 6.07) is 12.7. The fourth-order valence-electron chi connectivity index (χ4n) is 4.03. The fourth-order valence-corrected chi connectivity index (χ4v) is 5.00. The quantitative estimate of drug-likeness (QED) is 0.330. The summed E-state index contributed by atoms with van der Waals surface area (Å²) >= 11 is 1.71. The van der Waals surface area contributed by atoms with Gasteiger partial charge < -0.3 is 20.9 Å². The number of aromatic nitrogens is 1. The molecule has 2 aromatic carbocycles. The highest BCUT2D eigenvalue weighted by Gasteiger charge is 2.22. The smallest absolute Gasteiger partial charge is 0.135 e. The summed E-state index contributed by atoms with van der Waals surface area (Å²) < 4.78 is 5.89. The number of nitrogens with one attached hydrogen (secondary N) is 1. The summed E-state index contributed by atoms with van der Waals surface area (Å²) in [5, 5.41) is 11.9. The number of fused-ring (bicyclic) bond motifs is 1. The second kappa shape index (κ2) is 16.7. The van der Waals surface area contributed by atoms with Gasteiger partial charge in [0.25, 0.3) is 0 Å². The summed E-state index contributed by atoms with van der Waals surface area (Å²) in [6.07, 6.45) is 5.38. The van der Waals surface area contributed by atoms with Gasteiger partial charge in [-0.1, -0.05) is 37.0 Å². The zero-order valence-electron chi connectivity index (χ0n) is 23.5. The van der Waals surface area contributed by atoms with E-state index in [0.29, 0.717) is 0 Å². The van der Waals surface area contributed by atoms with Crippen LogP contribution >= 0.6 is 11.3 Å². The Bertz CT molecular complexity index is 1270. The molecule has 202 valence electrons. The van der Waals surface area contributed by atoms with Gasteiger partial charge >= 0.3 is 0 Å². The fraction of sp³-hybridized carbons (Fsp3) is 0.406. The molecule has 0 radical (unpaired) electrons. The lowest BCUT2D eigenvalue weighted by Crippen LogP contribution is -2.06. The normalized spacial score (nSPS) is 13.0. The summed E-state index contributed by atoms with van der Waals surface area (Å²) in [7, 11) is 1.96. The van der Waals surface area contributed by atoms with Crippen molar-refractivity contribution in [2.75, 3.05) is 20.2 Å². The SMILES string of the molecule is CC#CCO.CC#Cc1cc(-c2ncc(-c3cccc4c3CCC4N)s2)ccc1OC(C)C.CCCNC. The molecule has 4 N–H and O–H groups in total. The van der Waals surface area contributed by atoms with E-state index in [4.69, 9.17) is 20.6 Å². The van der Waals surface area contributed by atoms with E-state index in [1.54, 1.807) is 18.3 Å². The standard InChI is InChI=1S/C24H24N2OS.C4H11N.C4H6O/c1-4-6-16-13-17(9-12-22(16)27-15(2)3)24-26-14-23(28-24)20-8-5-7-19-18(20)10-11-21(19)25;1-3-4-5-2;1-2-3-4-5/h5,7-9,12-15,21H,10-11,25H2,1-3H3;5H,3-4H2,1-2H3;5H,4H2,1H3. The average Bonchev–Trinajstić information content (AvgIpc) is 3.54. The Kier molecular flexibility index (Phi) is 13.6. The van der Waals surface area contributed by atoms with Crippen LogP contribution in [0.3, 0.4) is 0 Å². The summed E-state index contributed by atoms with van der Waals surface area (Å²) in [5.74, 6) is 11.9. The number of aliphatic hydroxyl groups is 1. The lowest BCUT2D eigenvalue weighted by molar-refractivity contribution is 0.242. The molecule has 0 saturated heterocycles. The van der Waals surface area contributed by atoms with Crippen molar-refractivity contribution in [3.05, 3.63) is 59.3 Å². The maximum Gasteiger partial charge on any atom is 0.135 e. The molecule has 0 aliphatic heterocycles. The van der Waals surface area contributed by atoms with Crippen LogP contribution in [-0.2, 0) is 6.42 Å². The van der Waals surface area contributed by atoms with Gasteiger partial charge in [0.15, 0.2) is 0 Å². The van der Waals surface area contributed by atoms with E-state index in [1.165, 1.54) is 28.0 Å². The first kappa shape index (κ1) is 31.1. The monoisotopic (exact) mass is 531 g/mol. The van der Waals surface area contributed by atoms with Crippen molar-refractivity contribution in [3.8, 4) is 50.4 Å². The molecule has 1 atom stereocenters. The van der Waals surface area contributed by atoms with Crippen molar-refractivity contribution in [2.24, 2.45) is 5.73 Å². The molecule has 1 aliphatic rings. The first-order chi connectivity index (χ1) is 18.4. The number of nitrogens with two attached hydrogens (primary N) is 1. The molecule has 6 heteroatoms. The second-order valence-electron chi connectivity index (χ2n) is 8.99. The van der Waals surface area contributed by atoms with Crippen LogP contribution in [-0.4, -0.2) is 36.4 Å². The highest BCUT2D eigenvalue weighted by atomic mass is 32.1. The van der Waals surface area contributed by atoms with E-state index in [2.05, 4.69) is 66.3 Å². The molecule has 0 fully saturated rings. The minimum atomic E-state index is -0.0174. The summed E-state index contributed by atoms with van der Waals surface area (Å²) in [5.41, 5.74) is 12.1. The number of rotatable bonds is 6. The number of aliphatic hydroxyl groups excluding tert-OH is 1. The van der Waals surface area contributed by atoms with Crippen molar-refractivity contribution < 1.29 is 9.84 Å². The zero-order valence-corrected chi connectivity index (χ0v) is 24.3. The van der Waals surface area contributed by atoms with Crippen LogP contribution in [0.25, 0.3) is 21.0 Å². The van der Waals surface area contributed by atoms with E-state index < -0.39 is 0 Å². The molecule has 0 spiro atoms. The van der Waals surface area contributed by atoms with Crippen LogP contribution in [0, 0.1) is 23.7 Å². The number of hydrogen-bond acceptors (Lipinski definition) is 6. The van der Waals surface area contributed by atoms with Crippen molar-refractivity contribution in [2.45, 2.75) is 66.0 Å². The van der Waals surface area contributed by atoms with Crippen LogP contribution in [0.2, 0.25) is 0 Å². The molecule has 5 nitrogen and oxygen atoms in total. The molecule has 0 bridgehead atoms. The summed E-state index contributed by atoms with van der Waals surface area (Å²) in [4.78, 5) is 5.88. The van der Waals surface area contributed by atoms with Gasteiger partial charge in [0.05, 0.1) is 16.5 Å². The van der Waals surface area contributed by atoms with Crippen molar-refractivity contribution >= 4 is 11.3 Å². The summed E-state index contributed by atoms with van der Waals surface area (Å²) in [6.45, 7) is 10.8. The van der Waals surface area contributed by atoms with Crippen LogP contribution in [0.1, 0.15) is 70.2 Å². The van der Waals surface area contributed by atoms with Crippen LogP contribution < -0.4 is 15.8 Å². The Morgan fingerprint density at radius 2 is 2.00 bits per heavy atom. The van der Waals surface area contributed by atoms with Gasteiger partial charge in [0, 0.05) is 17.8 Å². The van der Waals surface area contributed by atoms with Gasteiger partial charge in [0.2, 0.25) is 0 Å². The topological polar surface area (TPSA) is 80.4 Å². The van der Waals surface area contributed by atoms with Crippen molar-refractivity contribution in [1.29, 1.82) is 0 Å². The lowest BCUT2D eigenvalue weighted by atomic mass is 10.0. The Hall–Kier alpha value is -3.13. The molecule has 4 rings (SSSR count). The maximum atomic E-state index is 7.89. The Balaban J connectivity index is 0.000000435. The average molecular weight is 532 g/mol. The van der Waals surface area contributed by atoms with E-state index in [0.717, 1.165) is 41.3 Å². The van der Waals surface area contributed by atoms with Gasteiger partial charge in [-0.15, -0.1) is 23.2 Å². The molecule has 1 unspecified atom stereocenters. The van der Waals surface area contributed by atoms with Gasteiger partial charge in [-0.25, -0.2) is 4.98 Å². The Morgan fingerprint density at radius 3 is 2.58 bits per heavy atom. The molecule has 1 heterocycles. The third-order valence-corrected chi connectivity index (χ3v) is 6.77. The largest absolute Gasteiger partial charge is 0.490 e. The van der Waals surface area contributed by atoms with E-state index in [1.807, 2.05) is 40.1 Å². The first-order valence-electron chi connectivity index (χ1n) is 13.1. The first-order valence-corrected chi connectivity index (χ1v) is 13.9. The molecular formula is C32H41N3O2S.